The number of aromatic amines is 1. The van der Waals surface area contributed by atoms with Crippen LogP contribution in [-0.2, 0) is 10.0 Å². The Hall–Kier alpha value is -3.38. The smallest absolute Gasteiger partial charge is 0.280 e. The zero-order valence-electron chi connectivity index (χ0n) is 14.0. The number of nitrogens with one attached hydrogen (secondary N) is 2. The summed E-state index contributed by atoms with van der Waals surface area (Å²) in [4.78, 5) is 20.2. The maximum absolute atomic E-state index is 12.8. The molecular weight excluding hydrogens is 354 g/mol. The average molecular weight is 369 g/mol. The Balaban J connectivity index is 2.00. The number of hydrogen-bond acceptors (Lipinski definition) is 4. The molecule has 3 rings (SSSR count). The van der Waals surface area contributed by atoms with Crippen LogP contribution in [0.25, 0.3) is 21.8 Å². The van der Waals surface area contributed by atoms with Gasteiger partial charge in [-0.15, -0.1) is 0 Å². The number of hydrogen-bond donors (Lipinski definition) is 2. The van der Waals surface area contributed by atoms with Gasteiger partial charge in [0.05, 0.1) is 30.3 Å². The molecule has 0 fully saturated rings. The molecule has 0 spiro atoms. The Labute approximate surface area is 150 Å². The van der Waals surface area contributed by atoms with Gasteiger partial charge in [0.15, 0.2) is 11.5 Å². The molecular formula is C17H15N5O3S. The van der Waals surface area contributed by atoms with Crippen LogP contribution in [-0.4, -0.2) is 29.4 Å². The summed E-state index contributed by atoms with van der Waals surface area (Å²) in [6.45, 7) is 8.77. The summed E-state index contributed by atoms with van der Waals surface area (Å²) in [5.74, 6) is 0.334. The molecule has 0 aliphatic heterocycles. The van der Waals surface area contributed by atoms with E-state index in [0.29, 0.717) is 34.0 Å². The first-order valence-corrected chi connectivity index (χ1v) is 9.41. The minimum absolute atomic E-state index is 0.283. The second-order valence-electron chi connectivity index (χ2n) is 5.69. The fourth-order valence-corrected chi connectivity index (χ4v) is 3.09. The number of H-pyrrole nitrogens is 1. The fraction of sp³-hybridized carbons (Fsp3) is 0.118. The Kier molecular flexibility index (Phi) is 4.36. The molecule has 0 aliphatic rings. The molecule has 0 atom stereocenters. The Morgan fingerprint density at radius 3 is 2.42 bits per heavy atom. The van der Waals surface area contributed by atoms with Crippen molar-refractivity contribution in [2.24, 2.45) is 0 Å². The molecule has 1 aromatic carbocycles. The van der Waals surface area contributed by atoms with E-state index in [0.717, 1.165) is 6.26 Å². The van der Waals surface area contributed by atoms with Crippen molar-refractivity contribution in [1.29, 1.82) is 0 Å². The molecule has 0 saturated carbocycles. The van der Waals surface area contributed by atoms with Crippen LogP contribution in [0.3, 0.4) is 0 Å². The van der Waals surface area contributed by atoms with Gasteiger partial charge in [-0.25, -0.2) is 22.9 Å². The van der Waals surface area contributed by atoms with E-state index in [4.69, 9.17) is 6.57 Å². The van der Waals surface area contributed by atoms with Crippen LogP contribution >= 0.6 is 0 Å². The third-order valence-electron chi connectivity index (χ3n) is 3.64. The first kappa shape index (κ1) is 17.4. The summed E-state index contributed by atoms with van der Waals surface area (Å²) in [5.41, 5.74) is 2.37. The van der Waals surface area contributed by atoms with Crippen molar-refractivity contribution in [3.05, 3.63) is 70.1 Å². The SMILES string of the molecule is [C-]#[N+]c1ccc(-c2c(C)[nH]n(-c3ccc(NS(C)(=O)=O)cn3)c2=O)cc1. The molecule has 132 valence electrons. The van der Waals surface area contributed by atoms with Crippen molar-refractivity contribution in [2.45, 2.75) is 6.92 Å². The Morgan fingerprint density at radius 2 is 1.88 bits per heavy atom. The van der Waals surface area contributed by atoms with Crippen LogP contribution in [0.4, 0.5) is 11.4 Å². The van der Waals surface area contributed by atoms with Crippen LogP contribution in [0.1, 0.15) is 5.69 Å². The van der Waals surface area contributed by atoms with Crippen molar-refractivity contribution >= 4 is 21.4 Å². The van der Waals surface area contributed by atoms with Crippen LogP contribution in [0.2, 0.25) is 0 Å². The average Bonchev–Trinajstić information content (AvgIpc) is 2.89. The highest BCUT2D eigenvalue weighted by atomic mass is 32.2. The summed E-state index contributed by atoms with van der Waals surface area (Å²) in [7, 11) is -3.39. The molecule has 0 aliphatic carbocycles. The van der Waals surface area contributed by atoms with E-state index >= 15 is 0 Å². The molecule has 2 heterocycles. The second kappa shape index (κ2) is 6.50. The predicted molar refractivity (Wildman–Crippen MR) is 99.1 cm³/mol. The van der Waals surface area contributed by atoms with Crippen molar-refractivity contribution in [2.75, 3.05) is 11.0 Å². The van der Waals surface area contributed by atoms with Crippen molar-refractivity contribution in [3.8, 4) is 16.9 Å². The van der Waals surface area contributed by atoms with Crippen LogP contribution in [0, 0.1) is 13.5 Å². The van der Waals surface area contributed by atoms with Crippen molar-refractivity contribution in [1.82, 2.24) is 14.8 Å². The first-order valence-electron chi connectivity index (χ1n) is 7.52. The molecule has 8 nitrogen and oxygen atoms in total. The van der Waals surface area contributed by atoms with Gasteiger partial charge >= 0.3 is 0 Å². The van der Waals surface area contributed by atoms with E-state index in [9.17, 15) is 13.2 Å². The van der Waals surface area contributed by atoms with Crippen molar-refractivity contribution in [3.63, 3.8) is 0 Å². The summed E-state index contributed by atoms with van der Waals surface area (Å²) >= 11 is 0. The Bertz CT molecular complexity index is 1150. The van der Waals surface area contributed by atoms with Gasteiger partial charge in [-0.1, -0.05) is 24.3 Å². The van der Waals surface area contributed by atoms with Crippen LogP contribution in [0.15, 0.2) is 47.4 Å². The van der Waals surface area contributed by atoms with Gasteiger partial charge in [-0.05, 0) is 24.6 Å². The number of sulfonamides is 1. The van der Waals surface area contributed by atoms with E-state index in [-0.39, 0.29) is 5.56 Å². The summed E-state index contributed by atoms with van der Waals surface area (Å²) in [6, 6.07) is 9.82. The number of nitrogens with zero attached hydrogens (tertiary/aromatic N) is 3. The van der Waals surface area contributed by atoms with Crippen molar-refractivity contribution < 1.29 is 8.42 Å². The van der Waals surface area contributed by atoms with E-state index in [1.54, 1.807) is 31.2 Å². The second-order valence-corrected chi connectivity index (χ2v) is 7.44. The normalized spacial score (nSPS) is 11.1. The molecule has 3 aromatic rings. The number of pyridine rings is 1. The number of rotatable bonds is 4. The number of aromatic nitrogens is 3. The largest absolute Gasteiger partial charge is 0.293 e. The quantitative estimate of drug-likeness (QED) is 0.690. The highest BCUT2D eigenvalue weighted by Crippen LogP contribution is 2.23. The molecule has 0 saturated heterocycles. The topological polar surface area (TPSA) is 101 Å². The van der Waals surface area contributed by atoms with Gasteiger partial charge in [0.2, 0.25) is 10.0 Å². The maximum atomic E-state index is 12.8. The zero-order valence-corrected chi connectivity index (χ0v) is 14.8. The predicted octanol–water partition coefficient (Wildman–Crippen LogP) is 2.46. The molecule has 0 radical (unpaired) electrons. The van der Waals surface area contributed by atoms with Gasteiger partial charge in [0, 0.05) is 5.69 Å². The van der Waals surface area contributed by atoms with Gasteiger partial charge in [0.25, 0.3) is 5.56 Å². The molecule has 9 heteroatoms. The van der Waals surface area contributed by atoms with Gasteiger partial charge in [-0.3, -0.25) is 14.6 Å². The van der Waals surface area contributed by atoms with Gasteiger partial charge < -0.3 is 0 Å². The zero-order chi connectivity index (χ0) is 18.9. The first-order chi connectivity index (χ1) is 12.3. The molecule has 0 amide bonds. The molecule has 0 unspecified atom stereocenters. The maximum Gasteiger partial charge on any atom is 0.280 e. The third kappa shape index (κ3) is 3.50. The molecule has 2 aromatic heterocycles. The van der Waals surface area contributed by atoms with E-state index in [2.05, 4.69) is 19.6 Å². The number of aryl methyl sites for hydroxylation is 1. The molecule has 2 N–H and O–H groups in total. The fourth-order valence-electron chi connectivity index (χ4n) is 2.54. The van der Waals surface area contributed by atoms with Crippen LogP contribution in [0.5, 0.6) is 0 Å². The van der Waals surface area contributed by atoms with Crippen LogP contribution < -0.4 is 10.3 Å². The third-order valence-corrected chi connectivity index (χ3v) is 4.24. The lowest BCUT2D eigenvalue weighted by atomic mass is 10.1. The van der Waals surface area contributed by atoms with E-state index in [1.807, 2.05) is 0 Å². The highest BCUT2D eigenvalue weighted by Gasteiger charge is 2.15. The minimum Gasteiger partial charge on any atom is -0.293 e. The monoisotopic (exact) mass is 369 g/mol. The Morgan fingerprint density at radius 1 is 1.19 bits per heavy atom. The van der Waals surface area contributed by atoms with Gasteiger partial charge in [0.1, 0.15) is 0 Å². The summed E-state index contributed by atoms with van der Waals surface area (Å²) in [6.07, 6.45) is 2.38. The van der Waals surface area contributed by atoms with E-state index < -0.39 is 10.0 Å². The lowest BCUT2D eigenvalue weighted by Gasteiger charge is -2.05. The lowest BCUT2D eigenvalue weighted by Crippen LogP contribution is -2.17. The van der Waals surface area contributed by atoms with Gasteiger partial charge in [-0.2, -0.15) is 0 Å². The summed E-state index contributed by atoms with van der Waals surface area (Å²) < 4.78 is 26.1. The highest BCUT2D eigenvalue weighted by molar-refractivity contribution is 7.92. The van der Waals surface area contributed by atoms with E-state index in [1.165, 1.54) is 23.0 Å². The lowest BCUT2D eigenvalue weighted by molar-refractivity contribution is 0.607. The molecule has 0 bridgehead atoms. The summed E-state index contributed by atoms with van der Waals surface area (Å²) in [5, 5.41) is 2.97. The molecule has 26 heavy (non-hydrogen) atoms. The minimum atomic E-state index is -3.39. The number of anilines is 1. The number of benzene rings is 1. The standard InChI is InChI=1S/C17H15N5O3S/c1-11-16(12-4-6-13(18-2)7-5-12)17(23)22(20-11)15-9-8-14(10-19-15)21-26(3,24)25/h4-10,20-21H,1,3H3.